The highest BCUT2D eigenvalue weighted by Gasteiger charge is 2.27. The highest BCUT2D eigenvalue weighted by Crippen LogP contribution is 2.30. The summed E-state index contributed by atoms with van der Waals surface area (Å²) in [6, 6.07) is 0. The quantitative estimate of drug-likeness (QED) is 0.565. The van der Waals surface area contributed by atoms with E-state index in [4.69, 9.17) is 0 Å². The van der Waals surface area contributed by atoms with Gasteiger partial charge in [0.15, 0.2) is 5.12 Å². The summed E-state index contributed by atoms with van der Waals surface area (Å²) in [7, 11) is 0. The summed E-state index contributed by atoms with van der Waals surface area (Å²) < 4.78 is 0. The summed E-state index contributed by atoms with van der Waals surface area (Å²) in [4.78, 5) is 10.6. The molecule has 0 amide bonds. The van der Waals surface area contributed by atoms with Crippen molar-refractivity contribution in [3.05, 3.63) is 0 Å². The van der Waals surface area contributed by atoms with Gasteiger partial charge in [0.25, 0.3) is 0 Å². The average molecular weight is 130 g/mol. The van der Waals surface area contributed by atoms with Crippen LogP contribution < -0.4 is 0 Å². The molecular formula is C6H10OS. The minimum atomic E-state index is 0.409. The Morgan fingerprint density at radius 1 is 1.88 bits per heavy atom. The maximum atomic E-state index is 10.6. The van der Waals surface area contributed by atoms with Gasteiger partial charge in [0.1, 0.15) is 0 Å². The molecule has 1 aliphatic heterocycles. The Labute approximate surface area is 53.8 Å². The summed E-state index contributed by atoms with van der Waals surface area (Å²) in [6.45, 7) is 2.12. The van der Waals surface area contributed by atoms with E-state index < -0.39 is 0 Å². The van der Waals surface area contributed by atoms with Crippen LogP contribution in [0.2, 0.25) is 0 Å². The third-order valence-corrected chi connectivity index (χ3v) is 2.58. The largest absolute Gasteiger partial charge is 0.287 e. The van der Waals surface area contributed by atoms with Crippen LogP contribution in [0.15, 0.2) is 0 Å². The zero-order chi connectivity index (χ0) is 5.98. The first-order valence-corrected chi connectivity index (χ1v) is 3.99. The molecule has 1 nitrogen and oxygen atoms in total. The van der Waals surface area contributed by atoms with Crippen molar-refractivity contribution < 1.29 is 4.79 Å². The van der Waals surface area contributed by atoms with E-state index in [1.807, 2.05) is 0 Å². The van der Waals surface area contributed by atoms with Crippen molar-refractivity contribution >= 4 is 16.9 Å². The highest BCUT2D eigenvalue weighted by atomic mass is 32.2. The van der Waals surface area contributed by atoms with E-state index in [0.29, 0.717) is 11.0 Å². The molecule has 0 radical (unpaired) electrons. The van der Waals surface area contributed by atoms with Crippen LogP contribution in [0, 0.1) is 5.92 Å². The summed E-state index contributed by atoms with van der Waals surface area (Å²) in [5.74, 6) is 1.50. The van der Waals surface area contributed by atoms with Crippen molar-refractivity contribution in [2.75, 3.05) is 5.75 Å². The second kappa shape index (κ2) is 2.53. The first kappa shape index (κ1) is 6.14. The van der Waals surface area contributed by atoms with Gasteiger partial charge >= 0.3 is 0 Å². The molecule has 1 fully saturated rings. The van der Waals surface area contributed by atoms with Gasteiger partial charge in [-0.05, 0) is 6.42 Å². The van der Waals surface area contributed by atoms with Crippen molar-refractivity contribution in [3.8, 4) is 0 Å². The summed E-state index contributed by atoms with van der Waals surface area (Å²) in [5.41, 5.74) is 0. The summed E-state index contributed by atoms with van der Waals surface area (Å²) in [5, 5.41) is 0.409. The third kappa shape index (κ3) is 1.05. The van der Waals surface area contributed by atoms with Gasteiger partial charge in [-0.3, -0.25) is 4.79 Å². The zero-order valence-electron chi connectivity index (χ0n) is 5.02. The Hall–Kier alpha value is 0.0200. The lowest BCUT2D eigenvalue weighted by atomic mass is 10.1. The van der Waals surface area contributed by atoms with Gasteiger partial charge in [-0.15, -0.1) is 0 Å². The Morgan fingerprint density at radius 3 is 2.75 bits per heavy atom. The van der Waals surface area contributed by atoms with Crippen LogP contribution in [0.5, 0.6) is 0 Å². The molecule has 1 aliphatic rings. The van der Waals surface area contributed by atoms with Gasteiger partial charge in [-0.2, -0.15) is 0 Å². The van der Waals surface area contributed by atoms with E-state index in [1.54, 1.807) is 0 Å². The minimum Gasteiger partial charge on any atom is -0.287 e. The molecule has 8 heavy (non-hydrogen) atoms. The van der Waals surface area contributed by atoms with Gasteiger partial charge in [0.05, 0.1) is 0 Å². The highest BCUT2D eigenvalue weighted by molar-refractivity contribution is 8.15. The summed E-state index contributed by atoms with van der Waals surface area (Å²) in [6.07, 6.45) is 2.25. The van der Waals surface area contributed by atoms with Crippen molar-refractivity contribution in [2.45, 2.75) is 19.8 Å². The molecule has 0 aromatic carbocycles. The standard InChI is InChI=1S/C6H10OS/c1-2-3-5-4-8-6(5)7/h5H,2-4H2,1H3/t5-/m1/s1. The van der Waals surface area contributed by atoms with Crippen LogP contribution in [-0.4, -0.2) is 10.9 Å². The van der Waals surface area contributed by atoms with Gasteiger partial charge < -0.3 is 0 Å². The number of thioether (sulfide) groups is 1. The van der Waals surface area contributed by atoms with Gasteiger partial charge in [-0.25, -0.2) is 0 Å². The topological polar surface area (TPSA) is 17.1 Å². The minimum absolute atomic E-state index is 0.409. The average Bonchev–Trinajstić information content (AvgIpc) is 1.79. The fraction of sp³-hybridized carbons (Fsp3) is 0.833. The third-order valence-electron chi connectivity index (χ3n) is 1.40. The Balaban J connectivity index is 2.17. The molecule has 46 valence electrons. The van der Waals surface area contributed by atoms with E-state index in [0.717, 1.165) is 18.6 Å². The molecule has 0 unspecified atom stereocenters. The molecular weight excluding hydrogens is 120 g/mol. The molecule has 0 N–H and O–H groups in total. The van der Waals surface area contributed by atoms with E-state index in [9.17, 15) is 4.79 Å². The molecule has 0 aromatic rings. The van der Waals surface area contributed by atoms with Crippen LogP contribution in [0.4, 0.5) is 0 Å². The zero-order valence-corrected chi connectivity index (χ0v) is 5.83. The normalized spacial score (nSPS) is 27.6. The fourth-order valence-corrected chi connectivity index (χ4v) is 1.64. The maximum absolute atomic E-state index is 10.6. The molecule has 0 aliphatic carbocycles. The monoisotopic (exact) mass is 130 g/mol. The number of carbonyl (C=O) groups is 1. The van der Waals surface area contributed by atoms with Crippen LogP contribution >= 0.6 is 11.8 Å². The fourth-order valence-electron chi connectivity index (χ4n) is 0.819. The molecule has 1 saturated heterocycles. The van der Waals surface area contributed by atoms with E-state index in [1.165, 1.54) is 11.8 Å². The number of hydrogen-bond donors (Lipinski definition) is 0. The molecule has 0 spiro atoms. The van der Waals surface area contributed by atoms with Crippen molar-refractivity contribution in [1.82, 2.24) is 0 Å². The second-order valence-corrected chi connectivity index (χ2v) is 3.14. The molecule has 1 atom stereocenters. The SMILES string of the molecule is CCC[C@@H]1CSC1=O. The number of rotatable bonds is 2. The van der Waals surface area contributed by atoms with Gasteiger partial charge in [-0.1, -0.05) is 25.1 Å². The second-order valence-electron chi connectivity index (χ2n) is 2.12. The van der Waals surface area contributed by atoms with Crippen molar-refractivity contribution in [3.63, 3.8) is 0 Å². The van der Waals surface area contributed by atoms with E-state index in [2.05, 4.69) is 6.92 Å². The maximum Gasteiger partial charge on any atom is 0.192 e. The van der Waals surface area contributed by atoms with Gasteiger partial charge in [0.2, 0.25) is 0 Å². The molecule has 0 bridgehead atoms. The first-order chi connectivity index (χ1) is 3.84. The van der Waals surface area contributed by atoms with E-state index in [-0.39, 0.29) is 0 Å². The molecule has 0 aromatic heterocycles. The van der Waals surface area contributed by atoms with Crippen LogP contribution in [0.25, 0.3) is 0 Å². The lowest BCUT2D eigenvalue weighted by molar-refractivity contribution is -0.115. The van der Waals surface area contributed by atoms with E-state index >= 15 is 0 Å². The smallest absolute Gasteiger partial charge is 0.192 e. The number of carbonyl (C=O) groups excluding carboxylic acids is 1. The molecule has 1 heterocycles. The van der Waals surface area contributed by atoms with Crippen LogP contribution in [-0.2, 0) is 4.79 Å². The molecule has 2 heteroatoms. The number of hydrogen-bond acceptors (Lipinski definition) is 2. The Bertz CT molecular complexity index is 101. The predicted molar refractivity (Wildman–Crippen MR) is 35.9 cm³/mol. The lowest BCUT2D eigenvalue weighted by Gasteiger charge is -2.21. The van der Waals surface area contributed by atoms with Crippen LogP contribution in [0.1, 0.15) is 19.8 Å². The lowest BCUT2D eigenvalue weighted by Crippen LogP contribution is -2.24. The first-order valence-electron chi connectivity index (χ1n) is 3.01. The molecule has 0 saturated carbocycles. The molecule has 1 rings (SSSR count). The predicted octanol–water partition coefficient (Wildman–Crippen LogP) is 1.68. The van der Waals surface area contributed by atoms with Crippen LogP contribution in [0.3, 0.4) is 0 Å². The Kier molecular flexibility index (Phi) is 1.95. The van der Waals surface area contributed by atoms with Gasteiger partial charge in [0, 0.05) is 11.7 Å². The van der Waals surface area contributed by atoms with Crippen molar-refractivity contribution in [2.24, 2.45) is 5.92 Å². The van der Waals surface area contributed by atoms with Crippen molar-refractivity contribution in [1.29, 1.82) is 0 Å². The summed E-state index contributed by atoms with van der Waals surface area (Å²) >= 11 is 1.47. The Morgan fingerprint density at radius 2 is 2.62 bits per heavy atom.